The van der Waals surface area contributed by atoms with Crippen molar-refractivity contribution in [3.63, 3.8) is 0 Å². The van der Waals surface area contributed by atoms with Crippen molar-refractivity contribution in [1.29, 1.82) is 0 Å². The number of phenolic OH excluding ortho intramolecular Hbond substituents is 1. The van der Waals surface area contributed by atoms with Gasteiger partial charge in [-0.05, 0) is 109 Å². The Morgan fingerprint density at radius 2 is 1.23 bits per heavy atom. The highest BCUT2D eigenvalue weighted by Gasteiger charge is 2.26. The molecule has 0 radical (unpaired) electrons. The van der Waals surface area contributed by atoms with E-state index in [1.165, 1.54) is 84.9 Å². The molecule has 0 saturated carbocycles. The molecule has 0 amide bonds. The second kappa shape index (κ2) is 21.3. The number of anilines is 4. The van der Waals surface area contributed by atoms with Crippen LogP contribution in [0.3, 0.4) is 0 Å². The number of phenols is 1. The SMILES string of the molecule is Nc1ccc(N=Nc2ccc(NS(=O)(=O)c3ccc(N=Nc4c(S(=O)(=O)O)cc5cc(SOOO)c(N=Nc6ccc(S(=O)(=O)CCOSOOO)cc6)c(N)c5c4O)cc3)cc2)c(N)c1. The van der Waals surface area contributed by atoms with E-state index in [9.17, 15) is 34.9 Å². The number of rotatable bonds is 20. The molecule has 0 aliphatic rings. The van der Waals surface area contributed by atoms with Crippen molar-refractivity contribution in [2.75, 3.05) is 34.3 Å². The Kier molecular flexibility index (Phi) is 15.8. The minimum absolute atomic E-state index is 0.0181. The Labute approximate surface area is 382 Å². The minimum Gasteiger partial charge on any atom is -0.505 e. The van der Waals surface area contributed by atoms with E-state index in [0.29, 0.717) is 34.8 Å². The summed E-state index contributed by atoms with van der Waals surface area (Å²) in [4.78, 5) is -1.29. The predicted octanol–water partition coefficient (Wildman–Crippen LogP) is 8.79. The molecule has 30 heteroatoms. The summed E-state index contributed by atoms with van der Waals surface area (Å²) in [7, 11) is -13.1. The second-order valence-electron chi connectivity index (χ2n) is 12.9. The van der Waals surface area contributed by atoms with Crippen LogP contribution in [0.25, 0.3) is 10.8 Å². The molecular formula is C36H32N10O15S5. The highest BCUT2D eigenvalue weighted by Crippen LogP contribution is 2.49. The standard InChI is InChI=1S/C36H32N10O15S5/c37-21-1-14-29(28(38)19-21)43-40-22-2-4-25(5-3-22)46-65(52,53)27-12-8-24(9-13-27)42-45-35-31(66(54,55)56)18-20-17-30(62-60-58-48)34(33(39)32(20)36(35)47)44-41-23-6-10-26(11-7-23)64(50,51)16-15-57-63-61-59-49/h1-14,17-19,46-49H,15-16,37-39H2,(H,54,55,56). The number of aromatic hydroxyl groups is 1. The molecule has 0 saturated heterocycles. The van der Waals surface area contributed by atoms with Gasteiger partial charge in [0.05, 0.1) is 72.9 Å². The number of nitrogen functional groups attached to an aromatic ring is 3. The van der Waals surface area contributed by atoms with E-state index >= 15 is 0 Å². The summed E-state index contributed by atoms with van der Waals surface area (Å²) in [5, 5.41) is 59.2. The molecule has 346 valence electrons. The fourth-order valence-electron chi connectivity index (χ4n) is 5.56. The lowest BCUT2D eigenvalue weighted by molar-refractivity contribution is -0.434. The van der Waals surface area contributed by atoms with E-state index in [2.05, 4.69) is 54.2 Å². The lowest BCUT2D eigenvalue weighted by Crippen LogP contribution is -2.12. The summed E-state index contributed by atoms with van der Waals surface area (Å²) < 4.78 is 103. The van der Waals surface area contributed by atoms with E-state index in [4.69, 9.17) is 31.9 Å². The predicted molar refractivity (Wildman–Crippen MR) is 239 cm³/mol. The van der Waals surface area contributed by atoms with Gasteiger partial charge in [-0.1, -0.05) is 10.1 Å². The average molecular weight is 1010 g/mol. The highest BCUT2D eigenvalue weighted by atomic mass is 32.2. The van der Waals surface area contributed by atoms with Gasteiger partial charge in [-0.2, -0.15) is 23.8 Å². The first-order valence-corrected chi connectivity index (χ1v) is 23.9. The van der Waals surface area contributed by atoms with E-state index in [1.807, 2.05) is 0 Å². The van der Waals surface area contributed by atoms with Crippen LogP contribution in [-0.4, -0.2) is 57.8 Å². The zero-order valence-electron chi connectivity index (χ0n) is 33.0. The molecule has 6 aromatic rings. The zero-order chi connectivity index (χ0) is 47.6. The smallest absolute Gasteiger partial charge is 0.296 e. The van der Waals surface area contributed by atoms with Crippen LogP contribution in [0.2, 0.25) is 0 Å². The van der Waals surface area contributed by atoms with Crippen LogP contribution in [0.15, 0.2) is 153 Å². The Morgan fingerprint density at radius 1 is 0.652 bits per heavy atom. The first-order chi connectivity index (χ1) is 31.4. The monoisotopic (exact) mass is 1000 g/mol. The number of nitrogens with zero attached hydrogens (tertiary/aromatic N) is 6. The van der Waals surface area contributed by atoms with Gasteiger partial charge in [-0.25, -0.2) is 27.4 Å². The van der Waals surface area contributed by atoms with Crippen molar-refractivity contribution in [2.45, 2.75) is 19.6 Å². The molecule has 11 N–H and O–H groups in total. The molecule has 0 aliphatic heterocycles. The van der Waals surface area contributed by atoms with Gasteiger partial charge >= 0.3 is 0 Å². The van der Waals surface area contributed by atoms with Crippen LogP contribution in [0, 0.1) is 0 Å². The number of hydrogen-bond donors (Lipinski definition) is 8. The molecule has 0 bridgehead atoms. The van der Waals surface area contributed by atoms with Crippen LogP contribution < -0.4 is 21.9 Å². The molecule has 66 heavy (non-hydrogen) atoms. The molecule has 6 aromatic carbocycles. The van der Waals surface area contributed by atoms with E-state index in [1.54, 1.807) is 12.1 Å². The first kappa shape index (κ1) is 49.1. The lowest BCUT2D eigenvalue weighted by Gasteiger charge is -2.14. The van der Waals surface area contributed by atoms with Crippen LogP contribution in [0.4, 0.5) is 56.9 Å². The summed E-state index contributed by atoms with van der Waals surface area (Å²) in [6, 6.07) is 22.7. The van der Waals surface area contributed by atoms with Crippen molar-refractivity contribution in [3.8, 4) is 5.75 Å². The normalized spacial score (nSPS) is 12.5. The molecular weight excluding hydrogens is 973 g/mol. The van der Waals surface area contributed by atoms with Crippen LogP contribution >= 0.6 is 24.4 Å². The molecule has 0 atom stereocenters. The Bertz CT molecular complexity index is 3170. The summed E-state index contributed by atoms with van der Waals surface area (Å²) in [5.41, 5.74) is 18.6. The third kappa shape index (κ3) is 12.3. The molecule has 0 fully saturated rings. The van der Waals surface area contributed by atoms with E-state index < -0.39 is 52.1 Å². The first-order valence-electron chi connectivity index (χ1n) is 17.9. The number of sulfone groups is 1. The number of sulfonamides is 1. The Hall–Kier alpha value is -6.39. The highest BCUT2D eigenvalue weighted by molar-refractivity contribution is 7.94. The summed E-state index contributed by atoms with van der Waals surface area (Å²) in [6.45, 7) is -0.322. The molecule has 25 nitrogen and oxygen atoms in total. The van der Waals surface area contributed by atoms with Gasteiger partial charge in [0.15, 0.2) is 27.9 Å². The topological polar surface area (TPSA) is 394 Å². The number of azo groups is 3. The van der Waals surface area contributed by atoms with Gasteiger partial charge in [-0.15, -0.1) is 24.0 Å². The zero-order valence-corrected chi connectivity index (χ0v) is 37.0. The van der Waals surface area contributed by atoms with Crippen molar-refractivity contribution in [2.24, 2.45) is 30.7 Å². The fraction of sp³-hybridized carbons (Fsp3) is 0.0556. The van der Waals surface area contributed by atoms with Gasteiger partial charge in [0.25, 0.3) is 20.1 Å². The quantitative estimate of drug-likeness (QED) is 0.00673. The molecule has 0 aliphatic carbocycles. The lowest BCUT2D eigenvalue weighted by atomic mass is 10.1. The number of hydrogen-bond acceptors (Lipinski definition) is 25. The maximum Gasteiger partial charge on any atom is 0.296 e. The molecule has 0 aromatic heterocycles. The van der Waals surface area contributed by atoms with Crippen molar-refractivity contribution in [3.05, 3.63) is 103 Å². The molecule has 6 rings (SSSR count). The third-order valence-electron chi connectivity index (χ3n) is 8.61. The van der Waals surface area contributed by atoms with Crippen molar-refractivity contribution in [1.82, 2.24) is 0 Å². The van der Waals surface area contributed by atoms with Gasteiger partial charge < -0.3 is 22.3 Å². The van der Waals surface area contributed by atoms with E-state index in [-0.39, 0.29) is 72.8 Å². The van der Waals surface area contributed by atoms with Crippen molar-refractivity contribution >= 4 is 122 Å². The molecule has 0 spiro atoms. The third-order valence-corrected chi connectivity index (χ3v) is 13.6. The van der Waals surface area contributed by atoms with Crippen LogP contribution in [-0.2, 0) is 52.9 Å². The summed E-state index contributed by atoms with van der Waals surface area (Å²) >= 11 is 0.554. The average Bonchev–Trinajstić information content (AvgIpc) is 3.27. The van der Waals surface area contributed by atoms with Crippen LogP contribution in [0.5, 0.6) is 5.75 Å². The van der Waals surface area contributed by atoms with E-state index in [0.717, 1.165) is 6.07 Å². The molecule has 0 heterocycles. The fourth-order valence-corrected chi connectivity index (χ4v) is 9.20. The van der Waals surface area contributed by atoms with Gasteiger partial charge in [-0.3, -0.25) is 13.5 Å². The molecule has 0 unspecified atom stereocenters. The number of nitrogens with one attached hydrogen (secondary N) is 1. The summed E-state index contributed by atoms with van der Waals surface area (Å²) in [5.74, 6) is -1.36. The summed E-state index contributed by atoms with van der Waals surface area (Å²) in [6.07, 6.45) is 0. The van der Waals surface area contributed by atoms with Gasteiger partial charge in [0.1, 0.15) is 22.0 Å². The second-order valence-corrected chi connectivity index (χ2v) is 19.3. The van der Waals surface area contributed by atoms with Crippen LogP contribution in [0.1, 0.15) is 0 Å². The number of fused-ring (bicyclic) bond motifs is 1. The largest absolute Gasteiger partial charge is 0.505 e. The van der Waals surface area contributed by atoms with Gasteiger partial charge in [0, 0.05) is 11.4 Å². The number of nitrogens with two attached hydrogens (primary N) is 3. The Balaban J connectivity index is 1.24. The minimum atomic E-state index is -5.13. The maximum atomic E-state index is 13.2. The van der Waals surface area contributed by atoms with Crippen molar-refractivity contribution < 1.29 is 68.4 Å². The van der Waals surface area contributed by atoms with Gasteiger partial charge in [0.2, 0.25) is 0 Å². The Morgan fingerprint density at radius 3 is 1.82 bits per heavy atom. The maximum absolute atomic E-state index is 13.2. The number of benzene rings is 6.